The number of aliphatic hydroxyl groups is 3. The summed E-state index contributed by atoms with van der Waals surface area (Å²) in [5, 5.41) is 38.0. The average Bonchev–Trinajstić information content (AvgIpc) is 3.55. The molecule has 2 bridgehead atoms. The molecule has 9 atom stereocenters. The van der Waals surface area contributed by atoms with Crippen molar-refractivity contribution in [3.05, 3.63) is 69.4 Å². The lowest BCUT2D eigenvalue weighted by atomic mass is 9.46. The van der Waals surface area contributed by atoms with E-state index in [9.17, 15) is 29.7 Å². The molecule has 0 radical (unpaired) electrons. The van der Waals surface area contributed by atoms with E-state index in [4.69, 9.17) is 14.2 Å². The summed E-state index contributed by atoms with van der Waals surface area (Å²) in [5.41, 5.74) is -4.20. The summed E-state index contributed by atoms with van der Waals surface area (Å²) < 4.78 is 18.0. The molecule has 45 heavy (non-hydrogen) atoms. The van der Waals surface area contributed by atoms with Gasteiger partial charge in [0, 0.05) is 40.4 Å². The topological polar surface area (TPSA) is 140 Å². The van der Waals surface area contributed by atoms with Crippen molar-refractivity contribution in [2.24, 2.45) is 16.7 Å². The molecule has 1 aliphatic heterocycles. The number of benzene rings is 1. The third-order valence-electron chi connectivity index (χ3n) is 11.5. The quantitative estimate of drug-likeness (QED) is 0.311. The molecule has 2 aromatic rings. The minimum absolute atomic E-state index is 0.0305. The fraction of sp³-hybridized carbons (Fsp3) is 0.571. The number of hydrogen-bond acceptors (Lipinski definition) is 10. The Morgan fingerprint density at radius 1 is 1.07 bits per heavy atom. The van der Waals surface area contributed by atoms with E-state index in [0.29, 0.717) is 24.0 Å². The van der Waals surface area contributed by atoms with Gasteiger partial charge in [0.2, 0.25) is 0 Å². The van der Waals surface area contributed by atoms with Gasteiger partial charge in [-0.2, -0.15) is 0 Å². The SMILES string of the molecule is CC1=C2CC(=O)[C@]3(C)CCC4OC[C@@]4(O)C3C(OC(=O)c3ccccc3)C(O)(CC1OC(=O)C(O)C(C)c1cccs1)C2(C)C. The third-order valence-corrected chi connectivity index (χ3v) is 12.5. The molecule has 3 fully saturated rings. The number of hydrogen-bond donors (Lipinski definition) is 3. The Morgan fingerprint density at radius 3 is 2.40 bits per heavy atom. The molecule has 242 valence electrons. The highest BCUT2D eigenvalue weighted by Gasteiger charge is 2.73. The minimum atomic E-state index is -1.89. The highest BCUT2D eigenvalue weighted by molar-refractivity contribution is 7.10. The zero-order valence-electron chi connectivity index (χ0n) is 26.3. The maximum Gasteiger partial charge on any atom is 0.338 e. The molecule has 3 aliphatic carbocycles. The lowest BCUT2D eigenvalue weighted by Crippen LogP contribution is -2.77. The van der Waals surface area contributed by atoms with Crippen molar-refractivity contribution in [3.8, 4) is 0 Å². The van der Waals surface area contributed by atoms with E-state index in [0.717, 1.165) is 4.88 Å². The molecule has 4 aliphatic rings. The average molecular weight is 639 g/mol. The van der Waals surface area contributed by atoms with Crippen LogP contribution in [0, 0.1) is 16.7 Å². The largest absolute Gasteiger partial charge is 0.456 e. The molecule has 2 saturated carbocycles. The van der Waals surface area contributed by atoms with Crippen LogP contribution in [0.4, 0.5) is 0 Å². The first-order valence-corrected chi connectivity index (χ1v) is 16.5. The maximum atomic E-state index is 14.4. The minimum Gasteiger partial charge on any atom is -0.456 e. The monoisotopic (exact) mass is 638 g/mol. The lowest BCUT2D eigenvalue weighted by Gasteiger charge is -2.65. The maximum absolute atomic E-state index is 14.4. The number of esters is 2. The first-order valence-electron chi connectivity index (χ1n) is 15.6. The third kappa shape index (κ3) is 4.83. The summed E-state index contributed by atoms with van der Waals surface area (Å²) in [7, 11) is 0. The first kappa shape index (κ1) is 32.1. The molecular weight excluding hydrogens is 596 g/mol. The van der Waals surface area contributed by atoms with Gasteiger partial charge >= 0.3 is 11.9 Å². The zero-order valence-corrected chi connectivity index (χ0v) is 27.1. The number of fused-ring (bicyclic) bond motifs is 5. The second-order valence-electron chi connectivity index (χ2n) is 14.1. The summed E-state index contributed by atoms with van der Waals surface area (Å²) in [6.07, 6.45) is -3.78. The predicted molar refractivity (Wildman–Crippen MR) is 165 cm³/mol. The van der Waals surface area contributed by atoms with E-state index in [1.54, 1.807) is 65.0 Å². The van der Waals surface area contributed by atoms with Gasteiger partial charge < -0.3 is 29.5 Å². The number of carbonyl (C=O) groups is 3. The molecule has 7 unspecified atom stereocenters. The molecule has 6 rings (SSSR count). The first-order chi connectivity index (χ1) is 21.1. The Labute approximate surface area is 267 Å². The van der Waals surface area contributed by atoms with Crippen molar-refractivity contribution in [1.29, 1.82) is 0 Å². The van der Waals surface area contributed by atoms with Crippen LogP contribution in [0.1, 0.15) is 81.5 Å². The van der Waals surface area contributed by atoms with Gasteiger partial charge in [-0.15, -0.1) is 11.3 Å². The summed E-state index contributed by atoms with van der Waals surface area (Å²) in [4.78, 5) is 42.3. The van der Waals surface area contributed by atoms with Gasteiger partial charge in [-0.1, -0.05) is 57.5 Å². The summed E-state index contributed by atoms with van der Waals surface area (Å²) in [5.74, 6) is -3.21. The lowest BCUT2D eigenvalue weighted by molar-refractivity contribution is -0.328. The standard InChI is InChI=1S/C35H42O9S/c1-19-22-16-25(36)33(5)14-13-26-34(40,18-42-26)28(33)29(44-30(38)21-10-7-6-8-11-21)35(41,32(22,3)4)17-23(19)43-31(39)27(37)20(2)24-12-9-15-45-24/h6-12,15,20,23,26-29,37,40-41H,13-14,16-18H2,1-5H3/t20?,23?,26?,27?,28?,29?,33-,34-,35?/m0/s1. The van der Waals surface area contributed by atoms with E-state index in [1.165, 1.54) is 11.3 Å². The number of carbonyl (C=O) groups excluding carboxylic acids is 3. The van der Waals surface area contributed by atoms with Gasteiger partial charge in [0.25, 0.3) is 0 Å². The normalized spacial score (nSPS) is 36.8. The van der Waals surface area contributed by atoms with Crippen molar-refractivity contribution in [2.75, 3.05) is 6.61 Å². The molecule has 1 saturated heterocycles. The Kier molecular flexibility index (Phi) is 7.93. The number of rotatable bonds is 6. The van der Waals surface area contributed by atoms with Crippen LogP contribution in [0.2, 0.25) is 0 Å². The molecule has 2 heterocycles. The van der Waals surface area contributed by atoms with E-state index in [-0.39, 0.29) is 30.8 Å². The summed E-state index contributed by atoms with van der Waals surface area (Å²) >= 11 is 1.42. The second kappa shape index (κ2) is 11.1. The summed E-state index contributed by atoms with van der Waals surface area (Å²) in [6, 6.07) is 12.1. The van der Waals surface area contributed by atoms with Gasteiger partial charge in [-0.25, -0.2) is 9.59 Å². The van der Waals surface area contributed by atoms with Crippen molar-refractivity contribution in [2.45, 2.75) is 102 Å². The molecular formula is C35H42O9S. The number of Topliss-reactive ketones (excluding diaryl/α,β-unsaturated/α-hetero) is 1. The Balaban J connectivity index is 1.45. The van der Waals surface area contributed by atoms with E-state index >= 15 is 0 Å². The van der Waals surface area contributed by atoms with Crippen LogP contribution in [-0.2, 0) is 23.8 Å². The van der Waals surface area contributed by atoms with Crippen molar-refractivity contribution in [1.82, 2.24) is 0 Å². The predicted octanol–water partition coefficient (Wildman–Crippen LogP) is 4.35. The van der Waals surface area contributed by atoms with Crippen LogP contribution in [0.25, 0.3) is 0 Å². The fourth-order valence-corrected chi connectivity index (χ4v) is 9.14. The highest BCUT2D eigenvalue weighted by Crippen LogP contribution is 2.63. The Hall–Kier alpha value is -2.89. The van der Waals surface area contributed by atoms with Crippen molar-refractivity contribution < 1.29 is 43.9 Å². The van der Waals surface area contributed by atoms with E-state index < -0.39 is 70.2 Å². The van der Waals surface area contributed by atoms with Crippen LogP contribution < -0.4 is 0 Å². The highest BCUT2D eigenvalue weighted by atomic mass is 32.1. The molecule has 0 spiro atoms. The molecule has 9 nitrogen and oxygen atoms in total. The number of ether oxygens (including phenoxy) is 3. The number of thiophene rings is 1. The Bertz CT molecular complexity index is 1520. The molecule has 3 N–H and O–H groups in total. The van der Waals surface area contributed by atoms with Crippen LogP contribution >= 0.6 is 11.3 Å². The molecule has 1 aromatic heterocycles. The smallest absolute Gasteiger partial charge is 0.338 e. The summed E-state index contributed by atoms with van der Waals surface area (Å²) in [6.45, 7) is 8.87. The van der Waals surface area contributed by atoms with Gasteiger partial charge in [-0.05, 0) is 48.9 Å². The van der Waals surface area contributed by atoms with Crippen LogP contribution in [0.5, 0.6) is 0 Å². The van der Waals surface area contributed by atoms with Gasteiger partial charge in [0.1, 0.15) is 29.2 Å². The molecule has 10 heteroatoms. The van der Waals surface area contributed by atoms with Crippen LogP contribution in [-0.4, -0.2) is 75.3 Å². The Morgan fingerprint density at radius 2 is 1.78 bits per heavy atom. The van der Waals surface area contributed by atoms with Gasteiger partial charge in [0.05, 0.1) is 18.3 Å². The van der Waals surface area contributed by atoms with E-state index in [2.05, 4.69) is 0 Å². The number of ketones is 1. The van der Waals surface area contributed by atoms with Crippen LogP contribution in [0.15, 0.2) is 59.0 Å². The molecule has 1 aromatic carbocycles. The number of aliphatic hydroxyl groups excluding tert-OH is 1. The van der Waals surface area contributed by atoms with Crippen molar-refractivity contribution in [3.63, 3.8) is 0 Å². The van der Waals surface area contributed by atoms with E-state index in [1.807, 2.05) is 17.5 Å². The molecule has 0 amide bonds. The van der Waals surface area contributed by atoms with Gasteiger partial charge in [0.15, 0.2) is 6.10 Å². The fourth-order valence-electron chi connectivity index (χ4n) is 8.33. The van der Waals surface area contributed by atoms with Crippen molar-refractivity contribution >= 4 is 29.1 Å². The second-order valence-corrected chi connectivity index (χ2v) is 15.1. The zero-order chi connectivity index (χ0) is 32.5. The van der Waals surface area contributed by atoms with Crippen LogP contribution in [0.3, 0.4) is 0 Å². The van der Waals surface area contributed by atoms with Gasteiger partial charge in [-0.3, -0.25) is 4.79 Å².